The van der Waals surface area contributed by atoms with Crippen LogP contribution in [0.1, 0.15) is 30.7 Å². The van der Waals surface area contributed by atoms with Gasteiger partial charge in [-0.1, -0.05) is 17.7 Å². The smallest absolute Gasteiger partial charge is 0.242 e. The van der Waals surface area contributed by atoms with E-state index in [1.165, 1.54) is 0 Å². The van der Waals surface area contributed by atoms with E-state index in [4.69, 9.17) is 4.42 Å². The van der Waals surface area contributed by atoms with E-state index in [1.807, 2.05) is 45.0 Å². The van der Waals surface area contributed by atoms with Crippen LogP contribution in [0.2, 0.25) is 0 Å². The first kappa shape index (κ1) is 16.3. The molecule has 5 nitrogen and oxygen atoms in total. The van der Waals surface area contributed by atoms with Crippen LogP contribution in [0.4, 0.5) is 5.69 Å². The van der Waals surface area contributed by atoms with E-state index < -0.39 is 5.41 Å². The molecule has 0 spiro atoms. The van der Waals surface area contributed by atoms with Crippen LogP contribution in [0, 0.1) is 6.92 Å². The molecule has 0 atom stereocenters. The topological polar surface area (TPSA) is 53.8 Å². The molecule has 2 aromatic rings. The minimum Gasteiger partial charge on any atom is -0.467 e. The van der Waals surface area contributed by atoms with Gasteiger partial charge in [0.05, 0.1) is 18.2 Å². The predicted octanol–water partition coefficient (Wildman–Crippen LogP) is 2.87. The Kier molecular flexibility index (Phi) is 3.95. The van der Waals surface area contributed by atoms with Crippen molar-refractivity contribution >= 4 is 17.5 Å². The molecule has 0 unspecified atom stereocenters. The molecule has 1 aromatic carbocycles. The summed E-state index contributed by atoms with van der Waals surface area (Å²) in [6, 6.07) is 9.55. The number of fused-ring (bicyclic) bond motifs is 1. The SMILES string of the molecule is Cc1ccc2c(c1)C(C)(C)C(=O)N2CC(=O)N(C)Cc1ccco1. The standard InChI is InChI=1S/C19H22N2O3/c1-13-7-8-16-15(10-13)19(2,3)18(23)21(16)12-17(22)20(4)11-14-6-5-9-24-14/h5-10H,11-12H2,1-4H3. The van der Waals surface area contributed by atoms with Gasteiger partial charge in [0.2, 0.25) is 11.8 Å². The van der Waals surface area contributed by atoms with E-state index in [1.54, 1.807) is 29.2 Å². The fraction of sp³-hybridized carbons (Fsp3) is 0.368. The normalized spacial score (nSPS) is 15.5. The number of furan rings is 1. The summed E-state index contributed by atoms with van der Waals surface area (Å²) in [5, 5.41) is 0. The Labute approximate surface area is 141 Å². The Morgan fingerprint density at radius 3 is 2.71 bits per heavy atom. The molecular weight excluding hydrogens is 304 g/mol. The Bertz CT molecular complexity index is 778. The third-order valence-corrected chi connectivity index (χ3v) is 4.59. The van der Waals surface area contributed by atoms with E-state index >= 15 is 0 Å². The van der Waals surface area contributed by atoms with Gasteiger partial charge < -0.3 is 14.2 Å². The number of rotatable bonds is 4. The van der Waals surface area contributed by atoms with Gasteiger partial charge in [0.15, 0.2) is 0 Å². The Hall–Kier alpha value is -2.56. The van der Waals surface area contributed by atoms with Gasteiger partial charge in [-0.2, -0.15) is 0 Å². The van der Waals surface area contributed by atoms with E-state index in [0.29, 0.717) is 6.54 Å². The van der Waals surface area contributed by atoms with Gasteiger partial charge in [0.25, 0.3) is 0 Å². The van der Waals surface area contributed by atoms with Crippen LogP contribution in [0.15, 0.2) is 41.0 Å². The summed E-state index contributed by atoms with van der Waals surface area (Å²) in [4.78, 5) is 28.5. The second-order valence-electron chi connectivity index (χ2n) is 6.87. The molecule has 0 radical (unpaired) electrons. The van der Waals surface area contributed by atoms with Gasteiger partial charge in [0.1, 0.15) is 12.3 Å². The first-order valence-electron chi connectivity index (χ1n) is 8.00. The lowest BCUT2D eigenvalue weighted by molar-refractivity contribution is -0.131. The van der Waals surface area contributed by atoms with Crippen LogP contribution >= 0.6 is 0 Å². The number of carbonyl (C=O) groups is 2. The monoisotopic (exact) mass is 326 g/mol. The lowest BCUT2D eigenvalue weighted by Crippen LogP contribution is -2.43. The van der Waals surface area contributed by atoms with Crippen molar-refractivity contribution in [1.82, 2.24) is 4.90 Å². The maximum atomic E-state index is 12.8. The van der Waals surface area contributed by atoms with Crippen molar-refractivity contribution in [3.63, 3.8) is 0 Å². The number of likely N-dealkylation sites (N-methyl/N-ethyl adjacent to an activating group) is 1. The van der Waals surface area contributed by atoms with Crippen molar-refractivity contribution in [2.24, 2.45) is 0 Å². The maximum absolute atomic E-state index is 12.8. The van der Waals surface area contributed by atoms with Crippen molar-refractivity contribution < 1.29 is 14.0 Å². The summed E-state index contributed by atoms with van der Waals surface area (Å²) in [6.45, 7) is 6.24. The summed E-state index contributed by atoms with van der Waals surface area (Å²) < 4.78 is 5.27. The average molecular weight is 326 g/mol. The third-order valence-electron chi connectivity index (χ3n) is 4.59. The second kappa shape index (κ2) is 5.82. The van der Waals surface area contributed by atoms with Gasteiger partial charge in [-0.15, -0.1) is 0 Å². The van der Waals surface area contributed by atoms with Crippen molar-refractivity contribution in [2.45, 2.75) is 32.7 Å². The highest BCUT2D eigenvalue weighted by Gasteiger charge is 2.44. The zero-order valence-electron chi connectivity index (χ0n) is 14.5. The molecule has 24 heavy (non-hydrogen) atoms. The van der Waals surface area contributed by atoms with Gasteiger partial charge in [0, 0.05) is 12.7 Å². The molecule has 1 aliphatic rings. The first-order chi connectivity index (χ1) is 11.3. The molecule has 2 heterocycles. The number of carbonyl (C=O) groups excluding carboxylic acids is 2. The minimum atomic E-state index is -0.610. The fourth-order valence-electron chi connectivity index (χ4n) is 3.09. The summed E-state index contributed by atoms with van der Waals surface area (Å²) in [7, 11) is 1.71. The molecule has 0 fully saturated rings. The highest BCUT2D eigenvalue weighted by Crippen LogP contribution is 2.41. The zero-order chi connectivity index (χ0) is 17.5. The molecular formula is C19H22N2O3. The summed E-state index contributed by atoms with van der Waals surface area (Å²) in [5.74, 6) is 0.557. The summed E-state index contributed by atoms with van der Waals surface area (Å²) in [6.07, 6.45) is 1.58. The van der Waals surface area contributed by atoms with Gasteiger partial charge in [-0.05, 0) is 44.5 Å². The van der Waals surface area contributed by atoms with Gasteiger partial charge >= 0.3 is 0 Å². The van der Waals surface area contributed by atoms with Crippen LogP contribution in [-0.2, 0) is 21.5 Å². The number of nitrogens with zero attached hydrogens (tertiary/aromatic N) is 2. The summed E-state index contributed by atoms with van der Waals surface area (Å²) >= 11 is 0. The largest absolute Gasteiger partial charge is 0.467 e. The van der Waals surface area contributed by atoms with Crippen LogP contribution in [0.5, 0.6) is 0 Å². The number of anilines is 1. The highest BCUT2D eigenvalue weighted by atomic mass is 16.3. The molecule has 0 aliphatic carbocycles. The Morgan fingerprint density at radius 2 is 2.04 bits per heavy atom. The quantitative estimate of drug-likeness (QED) is 0.868. The molecule has 5 heteroatoms. The Morgan fingerprint density at radius 1 is 1.29 bits per heavy atom. The van der Waals surface area contributed by atoms with Gasteiger partial charge in [-0.25, -0.2) is 0 Å². The van der Waals surface area contributed by atoms with Crippen molar-refractivity contribution in [3.05, 3.63) is 53.5 Å². The van der Waals surface area contributed by atoms with E-state index in [2.05, 4.69) is 0 Å². The number of hydrogen-bond donors (Lipinski definition) is 0. The minimum absolute atomic E-state index is 0.0372. The number of amides is 2. The molecule has 0 saturated carbocycles. The number of benzene rings is 1. The molecule has 2 amide bonds. The van der Waals surface area contributed by atoms with Crippen LogP contribution < -0.4 is 4.90 Å². The highest BCUT2D eigenvalue weighted by molar-refractivity contribution is 6.10. The van der Waals surface area contributed by atoms with Crippen molar-refractivity contribution in [1.29, 1.82) is 0 Å². The van der Waals surface area contributed by atoms with E-state index in [-0.39, 0.29) is 18.4 Å². The van der Waals surface area contributed by atoms with Gasteiger partial charge in [-0.3, -0.25) is 9.59 Å². The molecule has 0 bridgehead atoms. The molecule has 0 N–H and O–H groups in total. The predicted molar refractivity (Wildman–Crippen MR) is 91.7 cm³/mol. The molecule has 1 aliphatic heterocycles. The fourth-order valence-corrected chi connectivity index (χ4v) is 3.09. The summed E-state index contributed by atoms with van der Waals surface area (Å²) in [5.41, 5.74) is 2.31. The molecule has 1 aromatic heterocycles. The lowest BCUT2D eigenvalue weighted by Gasteiger charge is -2.23. The number of hydrogen-bond acceptors (Lipinski definition) is 3. The van der Waals surface area contributed by atoms with Crippen LogP contribution in [-0.4, -0.2) is 30.3 Å². The number of aryl methyl sites for hydroxylation is 1. The lowest BCUT2D eigenvalue weighted by atomic mass is 9.85. The third kappa shape index (κ3) is 2.70. The van der Waals surface area contributed by atoms with Crippen LogP contribution in [0.25, 0.3) is 0 Å². The van der Waals surface area contributed by atoms with E-state index in [0.717, 1.165) is 22.6 Å². The molecule has 3 rings (SSSR count). The maximum Gasteiger partial charge on any atom is 0.242 e. The second-order valence-corrected chi connectivity index (χ2v) is 6.87. The van der Waals surface area contributed by atoms with Crippen LogP contribution in [0.3, 0.4) is 0 Å². The first-order valence-corrected chi connectivity index (χ1v) is 8.00. The van der Waals surface area contributed by atoms with Crippen molar-refractivity contribution in [2.75, 3.05) is 18.5 Å². The molecule has 0 saturated heterocycles. The van der Waals surface area contributed by atoms with E-state index in [9.17, 15) is 9.59 Å². The average Bonchev–Trinajstić information content (AvgIpc) is 3.09. The zero-order valence-corrected chi connectivity index (χ0v) is 14.5. The molecule has 126 valence electrons. The Balaban J connectivity index is 1.80. The van der Waals surface area contributed by atoms with Crippen molar-refractivity contribution in [3.8, 4) is 0 Å².